The van der Waals surface area contributed by atoms with E-state index in [1.54, 1.807) is 14.1 Å². The van der Waals surface area contributed by atoms with E-state index in [9.17, 15) is 0 Å². The molecule has 8 heavy (non-hydrogen) atoms. The van der Waals surface area contributed by atoms with Crippen LogP contribution in [0.25, 0.3) is 5.53 Å². The average Bonchev–Trinajstić information content (AvgIpc) is 1.33. The van der Waals surface area contributed by atoms with Crippen molar-refractivity contribution in [2.75, 3.05) is 14.1 Å². The van der Waals surface area contributed by atoms with E-state index in [-0.39, 0.29) is 12.4 Å². The maximum absolute atomic E-state index is 8.11. The van der Waals surface area contributed by atoms with Crippen LogP contribution in [0.4, 0.5) is 0 Å². The van der Waals surface area contributed by atoms with Crippen LogP contribution in [0.5, 0.6) is 0 Å². The van der Waals surface area contributed by atoms with Crippen molar-refractivity contribution >= 4 is 12.4 Å². The van der Waals surface area contributed by atoms with Crippen molar-refractivity contribution in [2.45, 2.75) is 0 Å². The Morgan fingerprint density at radius 2 is 1.62 bits per heavy atom. The smallest absolute Gasteiger partial charge is 0.151 e. The molecule has 1 N–H and O–H groups in total. The molecule has 0 aromatic carbocycles. The first-order valence-corrected chi connectivity index (χ1v) is 1.48. The van der Waals surface area contributed by atoms with E-state index in [0.717, 1.165) is 5.06 Å². The first-order valence-electron chi connectivity index (χ1n) is 1.48. The van der Waals surface area contributed by atoms with Gasteiger partial charge in [0.25, 0.3) is 0 Å². The van der Waals surface area contributed by atoms with Gasteiger partial charge < -0.3 is 5.21 Å². The fourth-order valence-corrected chi connectivity index (χ4v) is 0. The Labute approximate surface area is 53.2 Å². The standard InChI is InChI=1S/C2H7NO.ClH.N2O/c1-3(2)4;;1-2-3/h4H,1-2H3;1H;. The summed E-state index contributed by atoms with van der Waals surface area (Å²) in [6, 6.07) is 0. The van der Waals surface area contributed by atoms with E-state index in [4.69, 9.17) is 15.6 Å². The fourth-order valence-electron chi connectivity index (χ4n) is 0. The van der Waals surface area contributed by atoms with E-state index >= 15 is 0 Å². The lowest BCUT2D eigenvalue weighted by atomic mass is 11.2. The summed E-state index contributed by atoms with van der Waals surface area (Å²) in [5.41, 5.74) is 6.64. The second-order valence-electron chi connectivity index (χ2n) is 0.929. The molecule has 0 saturated carbocycles. The average molecular weight is 142 g/mol. The lowest BCUT2D eigenvalue weighted by Crippen LogP contribution is -2.01. The predicted octanol–water partition coefficient (Wildman–Crippen LogP) is 0.201. The highest BCUT2D eigenvalue weighted by molar-refractivity contribution is 5.85. The summed E-state index contributed by atoms with van der Waals surface area (Å²) in [5, 5.41) is 8.89. The molecule has 0 rings (SSSR count). The second-order valence-corrected chi connectivity index (χ2v) is 0.929. The normalized spacial score (nSPS) is 5.50. The van der Waals surface area contributed by atoms with Crippen LogP contribution < -0.4 is 4.97 Å². The van der Waals surface area contributed by atoms with Gasteiger partial charge in [0.1, 0.15) is 4.97 Å². The molecule has 0 fully saturated rings. The van der Waals surface area contributed by atoms with Gasteiger partial charge in [-0.15, -0.1) is 12.4 Å². The maximum Gasteiger partial charge on any atom is 0.151 e. The summed E-state index contributed by atoms with van der Waals surface area (Å²) < 4.78 is 0. The summed E-state index contributed by atoms with van der Waals surface area (Å²) in [7, 11) is 3.11. The molecule has 0 heterocycles. The summed E-state index contributed by atoms with van der Waals surface area (Å²) in [6.45, 7) is 0. The maximum atomic E-state index is 8.11. The SMILES string of the molecule is CN(C)O.Cl.[N-]=[N+]=O. The Hall–Kier alpha value is -0.480. The van der Waals surface area contributed by atoms with Gasteiger partial charge in [-0.1, -0.05) is 0 Å². The lowest BCUT2D eigenvalue weighted by Gasteiger charge is -1.89. The van der Waals surface area contributed by atoms with Crippen LogP contribution in [-0.4, -0.2) is 24.4 Å². The molecule has 0 atom stereocenters. The van der Waals surface area contributed by atoms with Crippen LogP contribution in [0.3, 0.4) is 0 Å². The van der Waals surface area contributed by atoms with Crippen LogP contribution in [0.2, 0.25) is 0 Å². The summed E-state index contributed by atoms with van der Waals surface area (Å²) >= 11 is 0. The van der Waals surface area contributed by atoms with Gasteiger partial charge in [0.05, 0.1) is 0 Å². The van der Waals surface area contributed by atoms with Crippen LogP contribution in [0.15, 0.2) is 0 Å². The minimum atomic E-state index is 0. The number of halogens is 1. The lowest BCUT2D eigenvalue weighted by molar-refractivity contribution is -0.0372. The van der Waals surface area contributed by atoms with Gasteiger partial charge in [0, 0.05) is 14.1 Å². The molecule has 6 heteroatoms. The summed E-state index contributed by atoms with van der Waals surface area (Å²) in [4.78, 5) is 9.36. The number of hydroxylamine groups is 2. The zero-order valence-corrected chi connectivity index (χ0v) is 5.42. The van der Waals surface area contributed by atoms with Gasteiger partial charge in [0.15, 0.2) is 4.91 Å². The highest BCUT2D eigenvalue weighted by Crippen LogP contribution is 1.46. The number of nitrogens with zero attached hydrogens (tertiary/aromatic N) is 3. The Morgan fingerprint density at radius 1 is 1.62 bits per heavy atom. The summed E-state index contributed by atoms with van der Waals surface area (Å²) in [5.74, 6) is 0. The van der Waals surface area contributed by atoms with E-state index < -0.39 is 0 Å². The summed E-state index contributed by atoms with van der Waals surface area (Å²) in [6.07, 6.45) is 0. The molecular formula is C2H8ClN3O2. The third-order valence-electron chi connectivity index (χ3n) is 0. The van der Waals surface area contributed by atoms with Gasteiger partial charge in [0.2, 0.25) is 0 Å². The molecule has 0 aromatic rings. The van der Waals surface area contributed by atoms with Crippen molar-refractivity contribution in [3.63, 3.8) is 0 Å². The Balaban J connectivity index is -0.0000000575. The Bertz CT molecular complexity index is 57.5. The van der Waals surface area contributed by atoms with Crippen LogP contribution in [0, 0.1) is 4.91 Å². The minimum Gasteiger partial charge on any atom is -0.315 e. The van der Waals surface area contributed by atoms with Crippen molar-refractivity contribution in [1.29, 1.82) is 0 Å². The highest BCUT2D eigenvalue weighted by atomic mass is 35.5. The molecule has 0 aliphatic rings. The van der Waals surface area contributed by atoms with Gasteiger partial charge in [-0.2, -0.15) is 5.06 Å². The zero-order valence-electron chi connectivity index (χ0n) is 4.61. The van der Waals surface area contributed by atoms with Crippen LogP contribution in [-0.2, 0) is 0 Å². The highest BCUT2D eigenvalue weighted by Gasteiger charge is 1.59. The molecule has 0 aliphatic heterocycles. The Morgan fingerprint density at radius 3 is 1.62 bits per heavy atom. The van der Waals surface area contributed by atoms with Crippen molar-refractivity contribution in [3.05, 3.63) is 10.4 Å². The molecule has 50 valence electrons. The van der Waals surface area contributed by atoms with E-state index in [1.807, 2.05) is 0 Å². The molecule has 0 aliphatic carbocycles. The molecule has 0 bridgehead atoms. The van der Waals surface area contributed by atoms with Crippen molar-refractivity contribution in [3.8, 4) is 0 Å². The molecule has 0 unspecified atom stereocenters. The quantitative estimate of drug-likeness (QED) is 0.297. The van der Waals surface area contributed by atoms with Gasteiger partial charge >= 0.3 is 0 Å². The predicted molar refractivity (Wildman–Crippen MR) is 31.6 cm³/mol. The molecule has 0 spiro atoms. The van der Waals surface area contributed by atoms with E-state index in [2.05, 4.69) is 0 Å². The topological polar surface area (TPSA) is 76.9 Å². The van der Waals surface area contributed by atoms with Gasteiger partial charge in [-0.05, 0) is 0 Å². The number of hydrogen-bond donors (Lipinski definition) is 1. The zero-order chi connectivity index (χ0) is 6.28. The third kappa shape index (κ3) is 489. The second kappa shape index (κ2) is 16.0. The van der Waals surface area contributed by atoms with E-state index in [0.29, 0.717) is 0 Å². The largest absolute Gasteiger partial charge is 0.315 e. The first kappa shape index (κ1) is 15.6. The van der Waals surface area contributed by atoms with Crippen molar-refractivity contribution in [2.24, 2.45) is 0 Å². The number of nitroso groups, excluding NO2 is 1. The molecular weight excluding hydrogens is 133 g/mol. The van der Waals surface area contributed by atoms with Gasteiger partial charge in [-0.3, -0.25) is 5.53 Å². The first-order chi connectivity index (χ1) is 3.15. The molecule has 0 radical (unpaired) electrons. The third-order valence-corrected chi connectivity index (χ3v) is 0. The van der Waals surface area contributed by atoms with Crippen molar-refractivity contribution < 1.29 is 5.21 Å². The van der Waals surface area contributed by atoms with Crippen molar-refractivity contribution in [1.82, 2.24) is 10.0 Å². The van der Waals surface area contributed by atoms with E-state index in [1.165, 1.54) is 4.97 Å². The molecule has 0 saturated heterocycles. The number of rotatable bonds is 0. The molecule has 5 nitrogen and oxygen atoms in total. The number of hydrogen-bond acceptors (Lipinski definition) is 3. The molecule has 0 aromatic heterocycles. The molecule has 0 amide bonds. The van der Waals surface area contributed by atoms with Crippen LogP contribution in [0.1, 0.15) is 0 Å². The van der Waals surface area contributed by atoms with Crippen LogP contribution >= 0.6 is 12.4 Å². The monoisotopic (exact) mass is 141 g/mol. The van der Waals surface area contributed by atoms with Gasteiger partial charge in [-0.25, -0.2) is 0 Å². The fraction of sp³-hybridized carbons (Fsp3) is 1.00. The minimum absolute atomic E-state index is 0. The Kier molecular flexibility index (Phi) is 31.4.